The lowest BCUT2D eigenvalue weighted by Crippen LogP contribution is -2.46. The molecule has 4 N–H and O–H groups in total. The van der Waals surface area contributed by atoms with E-state index in [1.807, 2.05) is 0 Å². The Bertz CT molecular complexity index is 543. The first-order valence-electron chi connectivity index (χ1n) is 12.7. The van der Waals surface area contributed by atoms with Gasteiger partial charge in [0.1, 0.15) is 6.10 Å². The van der Waals surface area contributed by atoms with Gasteiger partial charge in [-0.25, -0.2) is 0 Å². The van der Waals surface area contributed by atoms with Crippen LogP contribution in [0.2, 0.25) is 0 Å². The predicted molar refractivity (Wildman–Crippen MR) is 136 cm³/mol. The Kier molecular flexibility index (Phi) is 19.6. The summed E-state index contributed by atoms with van der Waals surface area (Å²) in [5, 5.41) is 24.5. The van der Waals surface area contributed by atoms with Crippen molar-refractivity contribution in [1.82, 2.24) is 10.6 Å². The topological polar surface area (TPSA) is 116 Å². The monoisotopic (exact) mass is 488 g/mol. The molecule has 0 aliphatic rings. The van der Waals surface area contributed by atoms with Crippen LogP contribution in [0.4, 0.5) is 0 Å². The number of aliphatic hydroxyl groups excluding tert-OH is 2. The SMILES string of the molecule is CCCCCCCCCCCCCC(=O)SCCNC(=O)CCNC(=O)C(O)C(C)(C)CO. The number of carbonyl (C=O) groups excluding carboxylic acids is 3. The minimum Gasteiger partial charge on any atom is -0.396 e. The van der Waals surface area contributed by atoms with Crippen molar-refractivity contribution in [3.8, 4) is 0 Å². The summed E-state index contributed by atoms with van der Waals surface area (Å²) in [5.74, 6) is -0.284. The summed E-state index contributed by atoms with van der Waals surface area (Å²) >= 11 is 1.26. The molecule has 0 radical (unpaired) electrons. The van der Waals surface area contributed by atoms with Crippen LogP contribution in [0.5, 0.6) is 0 Å². The first-order chi connectivity index (χ1) is 15.7. The van der Waals surface area contributed by atoms with Crippen LogP contribution in [0.25, 0.3) is 0 Å². The number of amides is 2. The molecule has 0 aromatic carbocycles. The molecule has 2 amide bonds. The van der Waals surface area contributed by atoms with Crippen LogP contribution in [-0.4, -0.2) is 58.7 Å². The molecule has 0 spiro atoms. The Morgan fingerprint density at radius 3 is 1.91 bits per heavy atom. The Labute approximate surface area is 205 Å². The number of carbonyl (C=O) groups is 3. The van der Waals surface area contributed by atoms with E-state index in [0.717, 1.165) is 12.8 Å². The number of aliphatic hydroxyl groups is 2. The zero-order valence-corrected chi connectivity index (χ0v) is 21.9. The minimum absolute atomic E-state index is 0.0926. The van der Waals surface area contributed by atoms with Crippen molar-refractivity contribution < 1.29 is 24.6 Å². The summed E-state index contributed by atoms with van der Waals surface area (Å²) in [6.45, 7) is 5.60. The molecule has 0 heterocycles. The molecule has 0 aliphatic carbocycles. The van der Waals surface area contributed by atoms with Gasteiger partial charge in [0, 0.05) is 37.1 Å². The standard InChI is InChI=1S/C25H48N2O5S/c1-4-5-6-7-8-9-10-11-12-13-14-15-22(30)33-19-18-26-21(29)16-17-27-24(32)23(31)25(2,3)20-28/h23,28,31H,4-20H2,1-3H3,(H,26,29)(H,27,32). The minimum atomic E-state index is -1.34. The summed E-state index contributed by atoms with van der Waals surface area (Å²) in [5.41, 5.74) is -0.941. The van der Waals surface area contributed by atoms with E-state index in [2.05, 4.69) is 17.6 Å². The zero-order valence-electron chi connectivity index (χ0n) is 21.1. The molecule has 0 aromatic heterocycles. The van der Waals surface area contributed by atoms with E-state index in [9.17, 15) is 24.6 Å². The maximum Gasteiger partial charge on any atom is 0.249 e. The van der Waals surface area contributed by atoms with Crippen LogP contribution in [0.1, 0.15) is 104 Å². The molecule has 0 aliphatic heterocycles. The smallest absolute Gasteiger partial charge is 0.249 e. The highest BCUT2D eigenvalue weighted by atomic mass is 32.2. The number of nitrogens with one attached hydrogen (secondary N) is 2. The van der Waals surface area contributed by atoms with Gasteiger partial charge in [0.15, 0.2) is 5.12 Å². The molecule has 1 unspecified atom stereocenters. The van der Waals surface area contributed by atoms with E-state index in [1.165, 1.54) is 69.5 Å². The van der Waals surface area contributed by atoms with Crippen molar-refractivity contribution >= 4 is 28.7 Å². The van der Waals surface area contributed by atoms with Crippen LogP contribution >= 0.6 is 11.8 Å². The Morgan fingerprint density at radius 1 is 0.818 bits per heavy atom. The highest BCUT2D eigenvalue weighted by Gasteiger charge is 2.32. The zero-order chi connectivity index (χ0) is 25.0. The molecule has 1 atom stereocenters. The first kappa shape index (κ1) is 31.9. The van der Waals surface area contributed by atoms with Gasteiger partial charge in [-0.05, 0) is 6.42 Å². The third-order valence-electron chi connectivity index (χ3n) is 5.72. The van der Waals surface area contributed by atoms with Crippen LogP contribution in [0.15, 0.2) is 0 Å². The second-order valence-electron chi connectivity index (χ2n) is 9.45. The summed E-state index contributed by atoms with van der Waals surface area (Å²) in [6, 6.07) is 0. The summed E-state index contributed by atoms with van der Waals surface area (Å²) in [7, 11) is 0. The molecular weight excluding hydrogens is 440 g/mol. The van der Waals surface area contributed by atoms with Gasteiger partial charge >= 0.3 is 0 Å². The Morgan fingerprint density at radius 2 is 1.36 bits per heavy atom. The van der Waals surface area contributed by atoms with Crippen LogP contribution in [-0.2, 0) is 14.4 Å². The predicted octanol–water partition coefficient (Wildman–Crippen LogP) is 3.95. The second-order valence-corrected chi connectivity index (χ2v) is 10.6. The van der Waals surface area contributed by atoms with Gasteiger partial charge in [0.2, 0.25) is 11.8 Å². The van der Waals surface area contributed by atoms with E-state index in [4.69, 9.17) is 0 Å². The third kappa shape index (κ3) is 17.9. The van der Waals surface area contributed by atoms with E-state index < -0.39 is 17.4 Å². The molecule has 0 rings (SSSR count). The van der Waals surface area contributed by atoms with E-state index in [-0.39, 0.29) is 30.6 Å². The second kappa shape index (κ2) is 20.3. The van der Waals surface area contributed by atoms with Crippen molar-refractivity contribution in [1.29, 1.82) is 0 Å². The molecule has 0 fully saturated rings. The number of unbranched alkanes of at least 4 members (excludes halogenated alkanes) is 10. The van der Waals surface area contributed by atoms with Crippen molar-refractivity contribution in [3.63, 3.8) is 0 Å². The lowest BCUT2D eigenvalue weighted by Gasteiger charge is -2.27. The molecule has 33 heavy (non-hydrogen) atoms. The average Bonchev–Trinajstić information content (AvgIpc) is 2.79. The number of thioether (sulfide) groups is 1. The average molecular weight is 489 g/mol. The molecule has 0 bridgehead atoms. The maximum atomic E-state index is 11.9. The van der Waals surface area contributed by atoms with E-state index in [0.29, 0.717) is 18.7 Å². The van der Waals surface area contributed by atoms with Crippen molar-refractivity contribution in [2.45, 2.75) is 110 Å². The van der Waals surface area contributed by atoms with Gasteiger partial charge in [-0.3, -0.25) is 14.4 Å². The highest BCUT2D eigenvalue weighted by Crippen LogP contribution is 2.19. The molecule has 8 heteroatoms. The molecule has 7 nitrogen and oxygen atoms in total. The van der Waals surface area contributed by atoms with Gasteiger partial charge in [0.05, 0.1) is 6.61 Å². The molecule has 194 valence electrons. The normalized spacial score (nSPS) is 12.4. The highest BCUT2D eigenvalue weighted by molar-refractivity contribution is 8.13. The van der Waals surface area contributed by atoms with Gasteiger partial charge in [-0.2, -0.15) is 0 Å². The molecule has 0 saturated heterocycles. The Hall–Kier alpha value is -1.12. The number of hydrogen-bond acceptors (Lipinski definition) is 6. The fourth-order valence-corrected chi connectivity index (χ4v) is 4.01. The van der Waals surface area contributed by atoms with E-state index >= 15 is 0 Å². The van der Waals surface area contributed by atoms with Crippen molar-refractivity contribution in [2.24, 2.45) is 5.41 Å². The summed E-state index contributed by atoms with van der Waals surface area (Å²) < 4.78 is 0. The van der Waals surface area contributed by atoms with E-state index in [1.54, 1.807) is 13.8 Å². The van der Waals surface area contributed by atoms with Gasteiger partial charge < -0.3 is 20.8 Å². The van der Waals surface area contributed by atoms with Crippen LogP contribution in [0.3, 0.4) is 0 Å². The number of rotatable bonds is 21. The van der Waals surface area contributed by atoms with Gasteiger partial charge in [0.25, 0.3) is 0 Å². The largest absolute Gasteiger partial charge is 0.396 e. The van der Waals surface area contributed by atoms with Gasteiger partial charge in [-0.1, -0.05) is 96.7 Å². The lowest BCUT2D eigenvalue weighted by molar-refractivity contribution is -0.137. The first-order valence-corrected chi connectivity index (χ1v) is 13.7. The summed E-state index contributed by atoms with van der Waals surface area (Å²) in [4.78, 5) is 35.6. The lowest BCUT2D eigenvalue weighted by atomic mass is 9.87. The number of hydrogen-bond donors (Lipinski definition) is 4. The van der Waals surface area contributed by atoms with Gasteiger partial charge in [-0.15, -0.1) is 0 Å². The van der Waals surface area contributed by atoms with Crippen LogP contribution < -0.4 is 10.6 Å². The molecular formula is C25H48N2O5S. The molecule has 0 saturated carbocycles. The molecule has 0 aromatic rings. The Balaban J connectivity index is 3.57. The van der Waals surface area contributed by atoms with Crippen molar-refractivity contribution in [2.75, 3.05) is 25.4 Å². The summed E-state index contributed by atoms with van der Waals surface area (Å²) in [6.07, 6.45) is 13.2. The maximum absolute atomic E-state index is 11.9. The quantitative estimate of drug-likeness (QED) is 0.182. The van der Waals surface area contributed by atoms with Crippen molar-refractivity contribution in [3.05, 3.63) is 0 Å². The fourth-order valence-electron chi connectivity index (χ4n) is 3.29. The third-order valence-corrected chi connectivity index (χ3v) is 6.65. The fraction of sp³-hybridized carbons (Fsp3) is 0.880. The van der Waals surface area contributed by atoms with Crippen LogP contribution in [0, 0.1) is 5.41 Å².